The summed E-state index contributed by atoms with van der Waals surface area (Å²) >= 11 is 0. The number of hydrogen-bond acceptors (Lipinski definition) is 3. The van der Waals surface area contributed by atoms with Gasteiger partial charge in [0.2, 0.25) is 0 Å². The Morgan fingerprint density at radius 3 is 2.79 bits per heavy atom. The molecule has 0 unspecified atom stereocenters. The molecule has 0 bridgehead atoms. The van der Waals surface area contributed by atoms with E-state index in [9.17, 15) is 9.18 Å². The van der Waals surface area contributed by atoms with Crippen molar-refractivity contribution in [3.05, 3.63) is 35.4 Å². The molecule has 0 aliphatic rings. The Labute approximate surface area is 81.7 Å². The summed E-state index contributed by atoms with van der Waals surface area (Å²) in [6.07, 6.45) is 0. The lowest BCUT2D eigenvalue weighted by molar-refractivity contribution is 0.0598. The molecule has 0 aliphatic carbocycles. The number of methoxy groups -OCH3 is 1. The van der Waals surface area contributed by atoms with Crippen LogP contribution in [0.25, 0.3) is 0 Å². The minimum atomic E-state index is -0.773. The number of carbonyl (C=O) groups is 1. The fourth-order valence-electron chi connectivity index (χ4n) is 1.20. The summed E-state index contributed by atoms with van der Waals surface area (Å²) in [4.78, 5) is 11.3. The lowest BCUT2D eigenvalue weighted by Crippen LogP contribution is -2.17. The number of ether oxygens (including phenoxy) is 1. The standard InChI is InChI=1S/C10H12FNO2/c1-14-10(13)8-5-3-2-4-7(8)9(12)6-11/h2-5,9H,6,12H2,1H3/t9-/m1/s1. The van der Waals surface area contributed by atoms with Gasteiger partial charge in [0.1, 0.15) is 6.67 Å². The molecule has 2 N–H and O–H groups in total. The topological polar surface area (TPSA) is 52.3 Å². The van der Waals surface area contributed by atoms with Gasteiger partial charge in [0.15, 0.2) is 0 Å². The third kappa shape index (κ3) is 2.09. The second kappa shape index (κ2) is 4.72. The van der Waals surface area contributed by atoms with Crippen LogP contribution in [0.1, 0.15) is 22.0 Å². The first-order valence-electron chi connectivity index (χ1n) is 4.19. The van der Waals surface area contributed by atoms with Crippen LogP contribution >= 0.6 is 0 Å². The molecule has 76 valence electrons. The monoisotopic (exact) mass is 197 g/mol. The van der Waals surface area contributed by atoms with E-state index in [1.54, 1.807) is 24.3 Å². The molecule has 1 aromatic rings. The first-order valence-corrected chi connectivity index (χ1v) is 4.19. The van der Waals surface area contributed by atoms with Gasteiger partial charge in [-0.15, -0.1) is 0 Å². The number of benzene rings is 1. The number of alkyl halides is 1. The molecule has 0 spiro atoms. The normalized spacial score (nSPS) is 12.2. The van der Waals surface area contributed by atoms with Gasteiger partial charge in [-0.1, -0.05) is 18.2 Å². The second-order valence-electron chi connectivity index (χ2n) is 2.84. The predicted octanol–water partition coefficient (Wildman–Crippen LogP) is 1.44. The van der Waals surface area contributed by atoms with Gasteiger partial charge in [-0.2, -0.15) is 0 Å². The number of rotatable bonds is 3. The van der Waals surface area contributed by atoms with Gasteiger partial charge in [-0.05, 0) is 11.6 Å². The van der Waals surface area contributed by atoms with Gasteiger partial charge in [-0.3, -0.25) is 0 Å². The average Bonchev–Trinajstić information content (AvgIpc) is 2.27. The molecule has 0 saturated carbocycles. The van der Waals surface area contributed by atoms with Crippen molar-refractivity contribution < 1.29 is 13.9 Å². The zero-order valence-electron chi connectivity index (χ0n) is 7.87. The summed E-state index contributed by atoms with van der Waals surface area (Å²) in [5.41, 5.74) is 6.30. The van der Waals surface area contributed by atoms with Crippen LogP contribution in [-0.2, 0) is 4.74 Å². The zero-order valence-corrected chi connectivity index (χ0v) is 7.87. The third-order valence-corrected chi connectivity index (χ3v) is 1.93. The molecule has 0 aromatic heterocycles. The summed E-state index contributed by atoms with van der Waals surface area (Å²) in [6, 6.07) is 5.80. The maximum Gasteiger partial charge on any atom is 0.338 e. The van der Waals surface area contributed by atoms with E-state index in [4.69, 9.17) is 5.73 Å². The van der Waals surface area contributed by atoms with Gasteiger partial charge in [-0.25, -0.2) is 9.18 Å². The third-order valence-electron chi connectivity index (χ3n) is 1.93. The fraction of sp³-hybridized carbons (Fsp3) is 0.300. The Balaban J connectivity index is 3.09. The van der Waals surface area contributed by atoms with E-state index in [-0.39, 0.29) is 0 Å². The second-order valence-corrected chi connectivity index (χ2v) is 2.84. The first kappa shape index (κ1) is 10.7. The maximum absolute atomic E-state index is 12.3. The van der Waals surface area contributed by atoms with Crippen LogP contribution < -0.4 is 5.73 Å². The molecular formula is C10H12FNO2. The highest BCUT2D eigenvalue weighted by Gasteiger charge is 2.15. The molecule has 0 radical (unpaired) electrons. The highest BCUT2D eigenvalue weighted by Crippen LogP contribution is 2.17. The summed E-state index contributed by atoms with van der Waals surface area (Å²) in [6.45, 7) is -0.700. The van der Waals surface area contributed by atoms with Crippen LogP contribution in [0, 0.1) is 0 Å². The largest absolute Gasteiger partial charge is 0.465 e. The van der Waals surface area contributed by atoms with Crippen molar-refractivity contribution in [2.24, 2.45) is 5.73 Å². The van der Waals surface area contributed by atoms with Crippen LogP contribution in [0.4, 0.5) is 4.39 Å². The van der Waals surface area contributed by atoms with Crippen molar-refractivity contribution in [3.8, 4) is 0 Å². The molecule has 4 heteroatoms. The molecule has 0 fully saturated rings. The summed E-state index contributed by atoms with van der Waals surface area (Å²) in [5.74, 6) is -0.496. The molecule has 1 aromatic carbocycles. The Hall–Kier alpha value is -1.42. The van der Waals surface area contributed by atoms with Crippen molar-refractivity contribution in [2.75, 3.05) is 13.8 Å². The molecule has 0 amide bonds. The van der Waals surface area contributed by atoms with Gasteiger partial charge in [0, 0.05) is 0 Å². The van der Waals surface area contributed by atoms with Crippen LogP contribution in [0.2, 0.25) is 0 Å². The number of carbonyl (C=O) groups excluding carboxylic acids is 1. The first-order chi connectivity index (χ1) is 6.70. The van der Waals surface area contributed by atoms with Crippen molar-refractivity contribution in [2.45, 2.75) is 6.04 Å². The van der Waals surface area contributed by atoms with E-state index in [1.807, 2.05) is 0 Å². The SMILES string of the molecule is COC(=O)c1ccccc1[C@H](N)CF. The van der Waals surface area contributed by atoms with Gasteiger partial charge in [0.25, 0.3) is 0 Å². The van der Waals surface area contributed by atoms with Crippen LogP contribution in [0.15, 0.2) is 24.3 Å². The van der Waals surface area contributed by atoms with Crippen molar-refractivity contribution in [1.82, 2.24) is 0 Å². The lowest BCUT2D eigenvalue weighted by atomic mass is 10.0. The lowest BCUT2D eigenvalue weighted by Gasteiger charge is -2.11. The smallest absolute Gasteiger partial charge is 0.338 e. The Bertz CT molecular complexity index is 328. The van der Waals surface area contributed by atoms with E-state index in [0.29, 0.717) is 11.1 Å². The minimum absolute atomic E-state index is 0.320. The number of hydrogen-bond donors (Lipinski definition) is 1. The molecule has 0 heterocycles. The van der Waals surface area contributed by atoms with E-state index in [0.717, 1.165) is 0 Å². The Kier molecular flexibility index (Phi) is 3.59. The molecule has 3 nitrogen and oxygen atoms in total. The molecule has 1 rings (SSSR count). The zero-order chi connectivity index (χ0) is 10.6. The van der Waals surface area contributed by atoms with Crippen molar-refractivity contribution in [1.29, 1.82) is 0 Å². The molecule has 14 heavy (non-hydrogen) atoms. The molecular weight excluding hydrogens is 185 g/mol. The van der Waals surface area contributed by atoms with Gasteiger partial charge < -0.3 is 10.5 Å². The highest BCUT2D eigenvalue weighted by molar-refractivity contribution is 5.91. The quantitative estimate of drug-likeness (QED) is 0.746. The number of esters is 1. The van der Waals surface area contributed by atoms with Crippen LogP contribution in [0.3, 0.4) is 0 Å². The summed E-state index contributed by atoms with van der Waals surface area (Å²) in [5, 5.41) is 0. The Morgan fingerprint density at radius 2 is 2.21 bits per heavy atom. The van der Waals surface area contributed by atoms with Crippen LogP contribution in [0.5, 0.6) is 0 Å². The molecule has 0 aliphatic heterocycles. The number of nitrogens with two attached hydrogens (primary N) is 1. The van der Waals surface area contributed by atoms with Gasteiger partial charge >= 0.3 is 5.97 Å². The van der Waals surface area contributed by atoms with Crippen molar-refractivity contribution in [3.63, 3.8) is 0 Å². The highest BCUT2D eigenvalue weighted by atomic mass is 19.1. The van der Waals surface area contributed by atoms with Gasteiger partial charge in [0.05, 0.1) is 18.7 Å². The summed E-state index contributed by atoms with van der Waals surface area (Å²) in [7, 11) is 1.28. The predicted molar refractivity (Wildman–Crippen MR) is 50.7 cm³/mol. The van der Waals surface area contributed by atoms with E-state index < -0.39 is 18.7 Å². The van der Waals surface area contributed by atoms with E-state index in [1.165, 1.54) is 7.11 Å². The minimum Gasteiger partial charge on any atom is -0.465 e. The maximum atomic E-state index is 12.3. The number of halogens is 1. The fourth-order valence-corrected chi connectivity index (χ4v) is 1.20. The molecule has 1 atom stereocenters. The van der Waals surface area contributed by atoms with E-state index in [2.05, 4.69) is 4.74 Å². The molecule has 0 saturated heterocycles. The van der Waals surface area contributed by atoms with E-state index >= 15 is 0 Å². The van der Waals surface area contributed by atoms with Crippen LogP contribution in [-0.4, -0.2) is 19.8 Å². The van der Waals surface area contributed by atoms with Crippen molar-refractivity contribution >= 4 is 5.97 Å². The Morgan fingerprint density at radius 1 is 1.57 bits per heavy atom. The average molecular weight is 197 g/mol. The summed E-state index contributed by atoms with van der Waals surface area (Å²) < 4.78 is 16.9.